The molecule has 1 unspecified atom stereocenters. The Morgan fingerprint density at radius 3 is 1.74 bits per heavy atom. The topological polar surface area (TPSA) is 0 Å². The van der Waals surface area contributed by atoms with Crippen molar-refractivity contribution in [2.75, 3.05) is 0 Å². The summed E-state index contributed by atoms with van der Waals surface area (Å²) >= 11 is 0. The molecular formula is C21H18F6. The second-order valence-electron chi connectivity index (χ2n) is 6.15. The predicted octanol–water partition coefficient (Wildman–Crippen LogP) is 6.42. The fraction of sp³-hybridized carbons (Fsp3) is 0.333. The van der Waals surface area contributed by atoms with Gasteiger partial charge in [-0.25, -0.2) is 4.39 Å². The van der Waals surface area contributed by atoms with Crippen LogP contribution in [0.2, 0.25) is 0 Å². The molecule has 0 radical (unpaired) electrons. The van der Waals surface area contributed by atoms with Gasteiger partial charge in [0.1, 0.15) is 0 Å². The first-order valence-corrected chi connectivity index (χ1v) is 8.44. The van der Waals surface area contributed by atoms with E-state index in [0.717, 1.165) is 49.1 Å². The Kier molecular flexibility index (Phi) is 6.59. The molecule has 0 aliphatic rings. The van der Waals surface area contributed by atoms with Crippen molar-refractivity contribution in [3.8, 4) is 11.8 Å². The van der Waals surface area contributed by atoms with Crippen molar-refractivity contribution >= 4 is 0 Å². The first kappa shape index (κ1) is 20.9. The van der Waals surface area contributed by atoms with Crippen molar-refractivity contribution < 1.29 is 26.3 Å². The molecule has 0 heterocycles. The van der Waals surface area contributed by atoms with Crippen molar-refractivity contribution in [3.63, 3.8) is 0 Å². The molecular weight excluding hydrogens is 366 g/mol. The Bertz CT molecular complexity index is 792. The number of aryl methyl sites for hydroxylation is 1. The van der Waals surface area contributed by atoms with Gasteiger partial charge in [0.25, 0.3) is 6.17 Å². The van der Waals surface area contributed by atoms with Gasteiger partial charge in [-0.3, -0.25) is 0 Å². The van der Waals surface area contributed by atoms with E-state index in [4.69, 9.17) is 0 Å². The molecule has 0 saturated heterocycles. The lowest BCUT2D eigenvalue weighted by atomic mass is 10.0. The molecule has 6 heteroatoms. The number of unbranched alkanes of at least 4 members (excludes halogenated alkanes) is 1. The van der Waals surface area contributed by atoms with Crippen molar-refractivity contribution in [2.24, 2.45) is 0 Å². The van der Waals surface area contributed by atoms with Crippen molar-refractivity contribution in [2.45, 2.75) is 44.5 Å². The average Bonchev–Trinajstić information content (AvgIpc) is 2.64. The van der Waals surface area contributed by atoms with Gasteiger partial charge in [0.2, 0.25) is 0 Å². The van der Waals surface area contributed by atoms with Crippen LogP contribution in [0, 0.1) is 11.8 Å². The van der Waals surface area contributed by atoms with Crippen LogP contribution in [0.3, 0.4) is 0 Å². The highest BCUT2D eigenvalue weighted by Crippen LogP contribution is 2.41. The van der Waals surface area contributed by atoms with Gasteiger partial charge in [0, 0.05) is 16.7 Å². The quantitative estimate of drug-likeness (QED) is 0.412. The van der Waals surface area contributed by atoms with Gasteiger partial charge in [-0.1, -0.05) is 49.5 Å². The van der Waals surface area contributed by atoms with Crippen LogP contribution >= 0.6 is 0 Å². The molecule has 0 saturated carbocycles. The summed E-state index contributed by atoms with van der Waals surface area (Å²) in [6.07, 6.45) is -6.72. The van der Waals surface area contributed by atoms with E-state index in [-0.39, 0.29) is 0 Å². The minimum atomic E-state index is -5.63. The number of rotatable bonds is 5. The Hall–Kier alpha value is -2.42. The maximum atomic E-state index is 13.6. The average molecular weight is 384 g/mol. The van der Waals surface area contributed by atoms with Crippen molar-refractivity contribution in [1.29, 1.82) is 0 Å². The number of benzene rings is 2. The van der Waals surface area contributed by atoms with Gasteiger partial charge in [-0.2, -0.15) is 22.0 Å². The van der Waals surface area contributed by atoms with Crippen LogP contribution in [-0.4, -0.2) is 12.3 Å². The minimum absolute atomic E-state index is 0.340. The molecule has 0 nitrogen and oxygen atoms in total. The largest absolute Gasteiger partial charge is 0.426 e. The summed E-state index contributed by atoms with van der Waals surface area (Å²) in [5, 5.41) is 0. The van der Waals surface area contributed by atoms with Gasteiger partial charge in [0.15, 0.2) is 0 Å². The minimum Gasteiger partial charge on any atom is -0.230 e. The van der Waals surface area contributed by atoms with E-state index < -0.39 is 23.8 Å². The molecule has 0 aliphatic heterocycles. The molecule has 1 atom stereocenters. The van der Waals surface area contributed by atoms with Gasteiger partial charge in [0.05, 0.1) is 0 Å². The van der Waals surface area contributed by atoms with Crippen molar-refractivity contribution in [3.05, 3.63) is 70.8 Å². The molecule has 144 valence electrons. The van der Waals surface area contributed by atoms with Crippen LogP contribution in [0.5, 0.6) is 0 Å². The van der Waals surface area contributed by atoms with Gasteiger partial charge in [-0.05, 0) is 42.7 Å². The normalized spacial score (nSPS) is 13.0. The lowest BCUT2D eigenvalue weighted by Crippen LogP contribution is -2.39. The fourth-order valence-corrected chi connectivity index (χ4v) is 2.41. The van der Waals surface area contributed by atoms with E-state index in [0.29, 0.717) is 5.56 Å². The summed E-state index contributed by atoms with van der Waals surface area (Å²) in [5.41, 5.74) is 1.22. The molecule has 0 bridgehead atoms. The second kappa shape index (κ2) is 8.51. The van der Waals surface area contributed by atoms with Gasteiger partial charge < -0.3 is 0 Å². The highest BCUT2D eigenvalue weighted by atomic mass is 19.4. The molecule has 2 rings (SSSR count). The number of hydrogen-bond acceptors (Lipinski definition) is 0. The smallest absolute Gasteiger partial charge is 0.230 e. The second-order valence-corrected chi connectivity index (χ2v) is 6.15. The number of alkyl halides is 6. The molecule has 0 amide bonds. The molecule has 27 heavy (non-hydrogen) atoms. The zero-order chi connectivity index (χ0) is 20.1. The standard InChI is InChI=1S/C21H18F6/c1-2-3-4-15-5-7-16(8-6-15)9-10-17-11-13-18(14-12-17)20(23,24)19(22)21(25,26)27/h5-8,11-14,19H,2-4H2,1H3. The SMILES string of the molecule is CCCCc1ccc(C#Cc2ccc(C(F)(F)C(F)C(F)(F)F)cc2)cc1. The summed E-state index contributed by atoms with van der Waals surface area (Å²) in [6.45, 7) is 2.11. The van der Waals surface area contributed by atoms with Crippen LogP contribution in [0.1, 0.15) is 42.0 Å². The van der Waals surface area contributed by atoms with E-state index in [1.165, 1.54) is 5.56 Å². The van der Waals surface area contributed by atoms with E-state index in [1.54, 1.807) is 0 Å². The molecule has 2 aromatic rings. The Morgan fingerprint density at radius 1 is 0.815 bits per heavy atom. The van der Waals surface area contributed by atoms with Crippen LogP contribution in [0.4, 0.5) is 26.3 Å². The summed E-state index contributed by atoms with van der Waals surface area (Å²) in [4.78, 5) is 0. The molecule has 0 fully saturated rings. The molecule has 0 spiro atoms. The highest BCUT2D eigenvalue weighted by Gasteiger charge is 2.57. The zero-order valence-electron chi connectivity index (χ0n) is 14.6. The van der Waals surface area contributed by atoms with Gasteiger partial charge in [-0.15, -0.1) is 0 Å². The maximum Gasteiger partial charge on any atom is 0.426 e. The van der Waals surface area contributed by atoms with E-state index in [9.17, 15) is 26.3 Å². The number of halogens is 6. The van der Waals surface area contributed by atoms with E-state index in [2.05, 4.69) is 18.8 Å². The lowest BCUT2D eigenvalue weighted by molar-refractivity contribution is -0.248. The summed E-state index contributed by atoms with van der Waals surface area (Å²) in [7, 11) is 0. The summed E-state index contributed by atoms with van der Waals surface area (Å²) in [6, 6.07) is 11.4. The van der Waals surface area contributed by atoms with E-state index >= 15 is 0 Å². The van der Waals surface area contributed by atoms with Crippen LogP contribution < -0.4 is 0 Å². The Balaban J connectivity index is 2.11. The highest BCUT2D eigenvalue weighted by molar-refractivity contribution is 5.44. The molecule has 0 N–H and O–H groups in total. The molecule has 0 aliphatic carbocycles. The predicted molar refractivity (Wildman–Crippen MR) is 92.3 cm³/mol. The number of hydrogen-bond donors (Lipinski definition) is 0. The fourth-order valence-electron chi connectivity index (χ4n) is 2.41. The Morgan fingerprint density at radius 2 is 1.30 bits per heavy atom. The third kappa shape index (κ3) is 5.53. The van der Waals surface area contributed by atoms with Crippen molar-refractivity contribution in [1.82, 2.24) is 0 Å². The third-order valence-electron chi connectivity index (χ3n) is 4.00. The Labute approximate surface area is 154 Å². The van der Waals surface area contributed by atoms with Crippen LogP contribution in [0.25, 0.3) is 0 Å². The molecule has 0 aromatic heterocycles. The van der Waals surface area contributed by atoms with E-state index in [1.807, 2.05) is 24.3 Å². The van der Waals surface area contributed by atoms with Crippen LogP contribution in [0.15, 0.2) is 48.5 Å². The maximum absolute atomic E-state index is 13.6. The zero-order valence-corrected chi connectivity index (χ0v) is 14.6. The third-order valence-corrected chi connectivity index (χ3v) is 4.00. The summed E-state index contributed by atoms with van der Waals surface area (Å²) in [5.74, 6) is 0.954. The first-order valence-electron chi connectivity index (χ1n) is 8.44. The lowest BCUT2D eigenvalue weighted by Gasteiger charge is -2.22. The monoisotopic (exact) mass is 384 g/mol. The summed E-state index contributed by atoms with van der Waals surface area (Å²) < 4.78 is 77.0. The first-order chi connectivity index (χ1) is 12.6. The molecule has 2 aromatic carbocycles. The van der Waals surface area contributed by atoms with Crippen LogP contribution in [-0.2, 0) is 12.3 Å². The van der Waals surface area contributed by atoms with Gasteiger partial charge >= 0.3 is 12.1 Å².